The molecule has 2 aromatic rings. The molecule has 0 saturated heterocycles. The minimum Gasteiger partial charge on any atom is -0.416 e. The standard InChI is InChI=1S/C13H13ClN4O2S/c1-7(11(19)16-9-3-2-6-15-10(9)14)21-13-18-17-12(20-13)8-4-5-8/h2-3,6-8H,4-5H2,1H3,(H,16,19)/t7-/m0/s1. The van der Waals surface area contributed by atoms with Crippen molar-refractivity contribution >= 4 is 35.0 Å². The summed E-state index contributed by atoms with van der Waals surface area (Å²) in [5.41, 5.74) is 0.487. The highest BCUT2D eigenvalue weighted by molar-refractivity contribution is 8.00. The number of carbonyl (C=O) groups excluding carboxylic acids is 1. The molecule has 0 aliphatic heterocycles. The smallest absolute Gasteiger partial charge is 0.277 e. The van der Waals surface area contributed by atoms with E-state index in [1.165, 1.54) is 11.8 Å². The number of rotatable bonds is 5. The lowest BCUT2D eigenvalue weighted by Crippen LogP contribution is -2.22. The molecular weight excluding hydrogens is 312 g/mol. The molecule has 1 saturated carbocycles. The molecule has 3 rings (SSSR count). The maximum Gasteiger partial charge on any atom is 0.277 e. The number of hydrogen-bond donors (Lipinski definition) is 1. The molecule has 8 heteroatoms. The zero-order valence-electron chi connectivity index (χ0n) is 11.2. The average Bonchev–Trinajstić information content (AvgIpc) is 3.22. The van der Waals surface area contributed by atoms with Crippen LogP contribution in [0.5, 0.6) is 0 Å². The molecule has 0 aromatic carbocycles. The number of hydrogen-bond acceptors (Lipinski definition) is 6. The third-order valence-electron chi connectivity index (χ3n) is 3.01. The number of carbonyl (C=O) groups is 1. The summed E-state index contributed by atoms with van der Waals surface area (Å²) in [4.78, 5) is 16.0. The Morgan fingerprint density at radius 3 is 3.05 bits per heavy atom. The van der Waals surface area contributed by atoms with Gasteiger partial charge in [-0.1, -0.05) is 23.4 Å². The first kappa shape index (κ1) is 14.3. The molecule has 1 aliphatic carbocycles. The van der Waals surface area contributed by atoms with Crippen molar-refractivity contribution in [3.8, 4) is 0 Å². The first-order valence-electron chi connectivity index (χ1n) is 6.55. The van der Waals surface area contributed by atoms with Gasteiger partial charge in [0.05, 0.1) is 10.9 Å². The summed E-state index contributed by atoms with van der Waals surface area (Å²) in [6, 6.07) is 3.40. The van der Waals surface area contributed by atoms with Crippen LogP contribution < -0.4 is 5.32 Å². The maximum atomic E-state index is 12.1. The second-order valence-corrected chi connectivity index (χ2v) is 6.42. The number of halogens is 1. The van der Waals surface area contributed by atoms with Gasteiger partial charge in [-0.15, -0.1) is 10.2 Å². The predicted molar refractivity (Wildman–Crippen MR) is 79.5 cm³/mol. The lowest BCUT2D eigenvalue weighted by Gasteiger charge is -2.10. The van der Waals surface area contributed by atoms with Crippen molar-refractivity contribution in [1.29, 1.82) is 0 Å². The Bertz CT molecular complexity index is 659. The molecule has 1 atom stereocenters. The maximum absolute atomic E-state index is 12.1. The van der Waals surface area contributed by atoms with Crippen LogP contribution in [0.1, 0.15) is 31.6 Å². The molecule has 1 fully saturated rings. The van der Waals surface area contributed by atoms with Gasteiger partial charge in [0.1, 0.15) is 0 Å². The lowest BCUT2D eigenvalue weighted by molar-refractivity contribution is -0.115. The highest BCUT2D eigenvalue weighted by Gasteiger charge is 2.30. The van der Waals surface area contributed by atoms with Crippen LogP contribution in [0.2, 0.25) is 5.15 Å². The van der Waals surface area contributed by atoms with Crippen LogP contribution in [0.15, 0.2) is 28.0 Å². The van der Waals surface area contributed by atoms with Gasteiger partial charge in [-0.05, 0) is 31.9 Å². The van der Waals surface area contributed by atoms with Crippen LogP contribution in [0.3, 0.4) is 0 Å². The summed E-state index contributed by atoms with van der Waals surface area (Å²) < 4.78 is 5.52. The van der Waals surface area contributed by atoms with Gasteiger partial charge in [0, 0.05) is 12.1 Å². The molecule has 6 nitrogen and oxygen atoms in total. The molecule has 0 radical (unpaired) electrons. The van der Waals surface area contributed by atoms with Gasteiger partial charge in [0.2, 0.25) is 11.8 Å². The first-order valence-corrected chi connectivity index (χ1v) is 7.80. The fourth-order valence-corrected chi connectivity index (χ4v) is 2.54. The summed E-state index contributed by atoms with van der Waals surface area (Å²) in [6.45, 7) is 1.77. The number of amides is 1. The van der Waals surface area contributed by atoms with E-state index >= 15 is 0 Å². The largest absolute Gasteiger partial charge is 0.416 e. The Kier molecular flexibility index (Phi) is 4.12. The summed E-state index contributed by atoms with van der Waals surface area (Å²) >= 11 is 7.13. The SMILES string of the molecule is C[C@H](Sc1nnc(C2CC2)o1)C(=O)Nc1cccnc1Cl. The number of aromatic nitrogens is 3. The summed E-state index contributed by atoms with van der Waals surface area (Å²) in [6.07, 6.45) is 3.76. The molecule has 21 heavy (non-hydrogen) atoms. The van der Waals surface area contributed by atoms with Gasteiger partial charge in [0.15, 0.2) is 5.15 Å². The number of nitrogens with one attached hydrogen (secondary N) is 1. The van der Waals surface area contributed by atoms with Crippen LogP contribution >= 0.6 is 23.4 Å². The second-order valence-electron chi connectivity index (χ2n) is 4.77. The van der Waals surface area contributed by atoms with Gasteiger partial charge in [-0.3, -0.25) is 4.79 Å². The van der Waals surface area contributed by atoms with E-state index in [4.69, 9.17) is 16.0 Å². The number of pyridine rings is 1. The van der Waals surface area contributed by atoms with Crippen molar-refractivity contribution in [1.82, 2.24) is 15.2 Å². The zero-order chi connectivity index (χ0) is 14.8. The number of anilines is 1. The van der Waals surface area contributed by atoms with Gasteiger partial charge in [-0.25, -0.2) is 4.98 Å². The number of thioether (sulfide) groups is 1. The van der Waals surface area contributed by atoms with Crippen molar-refractivity contribution in [3.63, 3.8) is 0 Å². The Morgan fingerprint density at radius 2 is 2.33 bits per heavy atom. The first-order chi connectivity index (χ1) is 10.1. The van der Waals surface area contributed by atoms with Crippen molar-refractivity contribution in [3.05, 3.63) is 29.4 Å². The molecule has 1 aliphatic rings. The average molecular weight is 325 g/mol. The van der Waals surface area contributed by atoms with E-state index in [0.717, 1.165) is 12.8 Å². The minimum atomic E-state index is -0.381. The van der Waals surface area contributed by atoms with Crippen molar-refractivity contribution in [2.45, 2.75) is 36.2 Å². The fourth-order valence-electron chi connectivity index (χ4n) is 1.68. The van der Waals surface area contributed by atoms with Crippen molar-refractivity contribution < 1.29 is 9.21 Å². The minimum absolute atomic E-state index is 0.193. The monoisotopic (exact) mass is 324 g/mol. The van der Waals surface area contributed by atoms with Crippen LogP contribution in [0, 0.1) is 0 Å². The second kappa shape index (κ2) is 6.03. The van der Waals surface area contributed by atoms with E-state index in [-0.39, 0.29) is 16.3 Å². The molecule has 0 unspecified atom stereocenters. The van der Waals surface area contributed by atoms with E-state index < -0.39 is 0 Å². The van der Waals surface area contributed by atoms with E-state index in [1.807, 2.05) is 0 Å². The van der Waals surface area contributed by atoms with E-state index in [9.17, 15) is 4.79 Å². The lowest BCUT2D eigenvalue weighted by atomic mass is 10.4. The van der Waals surface area contributed by atoms with E-state index in [1.54, 1.807) is 25.3 Å². The molecular formula is C13H13ClN4O2S. The van der Waals surface area contributed by atoms with Crippen LogP contribution in [0.25, 0.3) is 0 Å². The normalized spacial score (nSPS) is 15.7. The Labute approximate surface area is 130 Å². The van der Waals surface area contributed by atoms with E-state index in [2.05, 4.69) is 20.5 Å². The highest BCUT2D eigenvalue weighted by Crippen LogP contribution is 2.40. The Morgan fingerprint density at radius 1 is 1.52 bits per heavy atom. The Balaban J connectivity index is 1.60. The number of nitrogens with zero attached hydrogens (tertiary/aromatic N) is 3. The van der Waals surface area contributed by atoms with E-state index in [0.29, 0.717) is 22.7 Å². The topological polar surface area (TPSA) is 80.9 Å². The van der Waals surface area contributed by atoms with Gasteiger partial charge >= 0.3 is 0 Å². The van der Waals surface area contributed by atoms with Gasteiger partial charge in [-0.2, -0.15) is 0 Å². The molecule has 0 spiro atoms. The van der Waals surface area contributed by atoms with Crippen LogP contribution in [-0.2, 0) is 4.79 Å². The highest BCUT2D eigenvalue weighted by atomic mass is 35.5. The van der Waals surface area contributed by atoms with Crippen LogP contribution in [-0.4, -0.2) is 26.3 Å². The molecule has 0 bridgehead atoms. The summed E-state index contributed by atoms with van der Waals surface area (Å²) in [5.74, 6) is 0.881. The quantitative estimate of drug-likeness (QED) is 0.672. The van der Waals surface area contributed by atoms with Gasteiger partial charge < -0.3 is 9.73 Å². The third kappa shape index (κ3) is 3.54. The van der Waals surface area contributed by atoms with Crippen LogP contribution in [0.4, 0.5) is 5.69 Å². The molecule has 1 N–H and O–H groups in total. The molecule has 2 aromatic heterocycles. The molecule has 1 amide bonds. The van der Waals surface area contributed by atoms with Crippen molar-refractivity contribution in [2.24, 2.45) is 0 Å². The predicted octanol–water partition coefficient (Wildman–Crippen LogP) is 3.11. The summed E-state index contributed by atoms with van der Waals surface area (Å²) in [7, 11) is 0. The molecule has 110 valence electrons. The fraction of sp³-hybridized carbons (Fsp3) is 0.385. The van der Waals surface area contributed by atoms with Crippen molar-refractivity contribution in [2.75, 3.05) is 5.32 Å². The third-order valence-corrected chi connectivity index (χ3v) is 4.25. The zero-order valence-corrected chi connectivity index (χ0v) is 12.8. The summed E-state index contributed by atoms with van der Waals surface area (Å²) in [5, 5.41) is 11.0. The Hall–Kier alpha value is -1.60. The molecule has 2 heterocycles. The van der Waals surface area contributed by atoms with Gasteiger partial charge in [0.25, 0.3) is 5.22 Å².